The fourth-order valence-corrected chi connectivity index (χ4v) is 3.85. The van der Waals surface area contributed by atoms with E-state index in [0.29, 0.717) is 0 Å². The number of hydrogen-bond donors (Lipinski definition) is 1. The number of carbonyl (C=O) groups excluding carboxylic acids is 1. The minimum absolute atomic E-state index is 0.0747. The van der Waals surface area contributed by atoms with Crippen molar-refractivity contribution in [3.63, 3.8) is 0 Å². The lowest BCUT2D eigenvalue weighted by molar-refractivity contribution is -0.121. The molecule has 22 heavy (non-hydrogen) atoms. The molecule has 1 atom stereocenters. The molecule has 1 unspecified atom stereocenters. The topological polar surface area (TPSA) is 32.3 Å². The third-order valence-corrected chi connectivity index (χ3v) is 5.43. The summed E-state index contributed by atoms with van der Waals surface area (Å²) in [6.45, 7) is 7.92. The van der Waals surface area contributed by atoms with Gasteiger partial charge in [-0.2, -0.15) is 0 Å². The molecule has 3 rings (SSSR count). The minimum atomic E-state index is -0.117. The Balaban J connectivity index is 1.67. The van der Waals surface area contributed by atoms with Crippen LogP contribution in [0.2, 0.25) is 0 Å². The summed E-state index contributed by atoms with van der Waals surface area (Å²) >= 11 is 1.83. The van der Waals surface area contributed by atoms with Crippen molar-refractivity contribution >= 4 is 22.9 Å². The van der Waals surface area contributed by atoms with Crippen LogP contribution in [0.25, 0.3) is 0 Å². The molecule has 0 saturated carbocycles. The smallest absolute Gasteiger partial charge is 0.241 e. The Morgan fingerprint density at radius 2 is 2.14 bits per heavy atom. The van der Waals surface area contributed by atoms with Crippen LogP contribution in [0.3, 0.4) is 0 Å². The molecule has 3 nitrogen and oxygen atoms in total. The van der Waals surface area contributed by atoms with E-state index in [0.717, 1.165) is 30.8 Å². The van der Waals surface area contributed by atoms with E-state index in [1.165, 1.54) is 16.0 Å². The number of benzene rings is 1. The average molecular weight is 314 g/mol. The molecule has 2 heterocycles. The molecule has 0 saturated heterocycles. The van der Waals surface area contributed by atoms with E-state index < -0.39 is 0 Å². The van der Waals surface area contributed by atoms with Gasteiger partial charge in [0.1, 0.15) is 0 Å². The Morgan fingerprint density at radius 3 is 2.91 bits per heavy atom. The summed E-state index contributed by atoms with van der Waals surface area (Å²) in [4.78, 5) is 16.3. The first-order valence-corrected chi connectivity index (χ1v) is 8.60. The second-order valence-electron chi connectivity index (χ2n) is 6.07. The van der Waals surface area contributed by atoms with Crippen molar-refractivity contribution in [3.05, 3.63) is 51.2 Å². The summed E-state index contributed by atoms with van der Waals surface area (Å²) in [5.74, 6) is 0.0747. The zero-order valence-corrected chi connectivity index (χ0v) is 14.2. The van der Waals surface area contributed by atoms with Gasteiger partial charge in [-0.1, -0.05) is 17.7 Å². The molecule has 2 aromatic rings. The number of fused-ring (bicyclic) bond motifs is 1. The molecule has 116 valence electrons. The van der Waals surface area contributed by atoms with Crippen molar-refractivity contribution in [1.82, 2.24) is 4.90 Å². The van der Waals surface area contributed by atoms with Crippen LogP contribution in [0.1, 0.15) is 28.5 Å². The van der Waals surface area contributed by atoms with Gasteiger partial charge in [0.05, 0.1) is 6.04 Å². The summed E-state index contributed by atoms with van der Waals surface area (Å²) in [7, 11) is 0. The summed E-state index contributed by atoms with van der Waals surface area (Å²) < 4.78 is 0. The zero-order chi connectivity index (χ0) is 15.7. The fourth-order valence-electron chi connectivity index (χ4n) is 2.96. The Hall–Kier alpha value is -1.65. The van der Waals surface area contributed by atoms with E-state index >= 15 is 0 Å². The normalized spacial score (nSPS) is 16.1. The van der Waals surface area contributed by atoms with Crippen LogP contribution in [0.5, 0.6) is 0 Å². The van der Waals surface area contributed by atoms with E-state index in [1.54, 1.807) is 0 Å². The molecule has 1 aliphatic rings. The lowest BCUT2D eigenvalue weighted by Gasteiger charge is -2.31. The number of anilines is 1. The first-order chi connectivity index (χ1) is 10.5. The van der Waals surface area contributed by atoms with Crippen molar-refractivity contribution in [2.24, 2.45) is 0 Å². The summed E-state index contributed by atoms with van der Waals surface area (Å²) in [5, 5.41) is 5.22. The predicted octanol–water partition coefficient (Wildman–Crippen LogP) is 3.75. The highest BCUT2D eigenvalue weighted by molar-refractivity contribution is 7.10. The van der Waals surface area contributed by atoms with Gasteiger partial charge in [0, 0.05) is 23.7 Å². The number of nitrogens with zero attached hydrogens (tertiary/aromatic N) is 1. The summed E-state index contributed by atoms with van der Waals surface area (Å²) in [6, 6.07) is 8.18. The van der Waals surface area contributed by atoms with Crippen LogP contribution >= 0.6 is 11.3 Å². The van der Waals surface area contributed by atoms with Gasteiger partial charge in [0.2, 0.25) is 5.91 Å². The second kappa shape index (κ2) is 6.23. The SMILES string of the molecule is Cc1ccc(NC(=O)C(C)N2CCc3sccc3C2)c(C)c1. The Labute approximate surface area is 136 Å². The molecule has 0 bridgehead atoms. The number of nitrogens with one attached hydrogen (secondary N) is 1. The molecule has 0 radical (unpaired) electrons. The molecule has 1 aromatic heterocycles. The quantitative estimate of drug-likeness (QED) is 0.936. The Kier molecular flexibility index (Phi) is 4.32. The lowest BCUT2D eigenvalue weighted by Crippen LogP contribution is -2.44. The summed E-state index contributed by atoms with van der Waals surface area (Å²) in [5.41, 5.74) is 4.61. The van der Waals surface area contributed by atoms with Crippen molar-refractivity contribution in [3.8, 4) is 0 Å². The third-order valence-electron chi connectivity index (χ3n) is 4.40. The number of aryl methyl sites for hydroxylation is 2. The predicted molar refractivity (Wildman–Crippen MR) is 92.4 cm³/mol. The second-order valence-corrected chi connectivity index (χ2v) is 7.07. The van der Waals surface area contributed by atoms with Gasteiger partial charge in [0.25, 0.3) is 0 Å². The highest BCUT2D eigenvalue weighted by Crippen LogP contribution is 2.25. The number of amides is 1. The van der Waals surface area contributed by atoms with Crippen molar-refractivity contribution in [2.45, 2.75) is 39.8 Å². The lowest BCUT2D eigenvalue weighted by atomic mass is 10.1. The standard InChI is InChI=1S/C18H22N2OS/c1-12-4-5-16(13(2)10-12)19-18(21)14(3)20-8-6-17-15(11-20)7-9-22-17/h4-5,7,9-10,14H,6,8,11H2,1-3H3,(H,19,21). The maximum atomic E-state index is 12.5. The van der Waals surface area contributed by atoms with E-state index in [9.17, 15) is 4.79 Å². The fraction of sp³-hybridized carbons (Fsp3) is 0.389. The highest BCUT2D eigenvalue weighted by Gasteiger charge is 2.26. The highest BCUT2D eigenvalue weighted by atomic mass is 32.1. The molecule has 0 aliphatic carbocycles. The number of hydrogen-bond acceptors (Lipinski definition) is 3. The van der Waals surface area contributed by atoms with Gasteiger partial charge < -0.3 is 5.32 Å². The van der Waals surface area contributed by atoms with Gasteiger partial charge in [-0.15, -0.1) is 11.3 Å². The Bertz CT molecular complexity index is 692. The average Bonchev–Trinajstić information content (AvgIpc) is 2.96. The first kappa shape index (κ1) is 15.3. The third kappa shape index (κ3) is 3.08. The van der Waals surface area contributed by atoms with Crippen LogP contribution in [0.4, 0.5) is 5.69 Å². The van der Waals surface area contributed by atoms with Crippen LogP contribution in [-0.4, -0.2) is 23.4 Å². The van der Waals surface area contributed by atoms with Crippen LogP contribution < -0.4 is 5.32 Å². The van der Waals surface area contributed by atoms with Crippen LogP contribution in [-0.2, 0) is 17.8 Å². The maximum Gasteiger partial charge on any atom is 0.241 e. The van der Waals surface area contributed by atoms with E-state index in [1.807, 2.05) is 37.3 Å². The first-order valence-electron chi connectivity index (χ1n) is 7.72. The number of carbonyl (C=O) groups is 1. The molecular formula is C18H22N2OS. The molecule has 1 N–H and O–H groups in total. The minimum Gasteiger partial charge on any atom is -0.324 e. The van der Waals surface area contributed by atoms with Gasteiger partial charge >= 0.3 is 0 Å². The Morgan fingerprint density at radius 1 is 1.32 bits per heavy atom. The van der Waals surface area contributed by atoms with Gasteiger partial charge in [-0.05, 0) is 55.8 Å². The van der Waals surface area contributed by atoms with Gasteiger partial charge in [-0.25, -0.2) is 0 Å². The molecule has 1 aliphatic heterocycles. The molecule has 4 heteroatoms. The van der Waals surface area contributed by atoms with Crippen molar-refractivity contribution in [2.75, 3.05) is 11.9 Å². The zero-order valence-electron chi connectivity index (χ0n) is 13.3. The molecule has 0 fully saturated rings. The van der Waals surface area contributed by atoms with Crippen molar-refractivity contribution < 1.29 is 4.79 Å². The maximum absolute atomic E-state index is 12.5. The molecule has 1 aromatic carbocycles. The largest absolute Gasteiger partial charge is 0.324 e. The van der Waals surface area contributed by atoms with Crippen molar-refractivity contribution in [1.29, 1.82) is 0 Å². The molecular weight excluding hydrogens is 292 g/mol. The van der Waals surface area contributed by atoms with Crippen LogP contribution in [0, 0.1) is 13.8 Å². The van der Waals surface area contributed by atoms with Gasteiger partial charge in [0.15, 0.2) is 0 Å². The summed E-state index contributed by atoms with van der Waals surface area (Å²) in [6.07, 6.45) is 1.05. The monoisotopic (exact) mass is 314 g/mol. The van der Waals surface area contributed by atoms with Gasteiger partial charge in [-0.3, -0.25) is 9.69 Å². The molecule has 1 amide bonds. The van der Waals surface area contributed by atoms with Crippen LogP contribution in [0.15, 0.2) is 29.6 Å². The number of thiophene rings is 1. The molecule has 0 spiro atoms. The van der Waals surface area contributed by atoms with E-state index in [4.69, 9.17) is 0 Å². The number of rotatable bonds is 3. The van der Waals surface area contributed by atoms with E-state index in [-0.39, 0.29) is 11.9 Å². The van der Waals surface area contributed by atoms with E-state index in [2.05, 4.69) is 34.7 Å².